The average molecular weight is 445 g/mol. The minimum Gasteiger partial charge on any atom is -0.382 e. The fraction of sp³-hybridized carbons (Fsp3) is 0.130. The molecule has 0 aromatic heterocycles. The van der Waals surface area contributed by atoms with Crippen LogP contribution in [0.1, 0.15) is 28.4 Å². The molecule has 8 heteroatoms. The minimum absolute atomic E-state index is 0.0420. The zero-order chi connectivity index (χ0) is 22.4. The van der Waals surface area contributed by atoms with Crippen molar-refractivity contribution in [1.29, 1.82) is 0 Å². The van der Waals surface area contributed by atoms with Crippen LogP contribution in [0.2, 0.25) is 0 Å². The Balaban J connectivity index is 1.84. The summed E-state index contributed by atoms with van der Waals surface area (Å²) in [5.41, 5.74) is 1.15. The van der Waals surface area contributed by atoms with Crippen molar-refractivity contribution in [1.82, 2.24) is 0 Å². The molecule has 0 fully saturated rings. The van der Waals surface area contributed by atoms with Crippen molar-refractivity contribution in [3.63, 3.8) is 0 Å². The smallest absolute Gasteiger partial charge is 0.382 e. The van der Waals surface area contributed by atoms with Crippen LogP contribution in [-0.2, 0) is 16.2 Å². The lowest BCUT2D eigenvalue weighted by Gasteiger charge is -2.22. The highest BCUT2D eigenvalue weighted by molar-refractivity contribution is 7.93. The Labute approximate surface area is 177 Å². The Morgan fingerprint density at radius 2 is 1.55 bits per heavy atom. The van der Waals surface area contributed by atoms with Gasteiger partial charge >= 0.3 is 6.18 Å². The van der Waals surface area contributed by atoms with Gasteiger partial charge < -0.3 is 5.11 Å². The number of nitrogens with zero attached hydrogens (tertiary/aromatic N) is 1. The molecule has 31 heavy (non-hydrogen) atoms. The van der Waals surface area contributed by atoms with Gasteiger partial charge in [0, 0.05) is 5.56 Å². The SMILES string of the molecule is Cc1ccc(S(=O)(=O)N2/C(=C/c3ccc(C(F)(F)F)cc3)C(O)c3ccccc32)cc1. The van der Waals surface area contributed by atoms with Crippen molar-refractivity contribution < 1.29 is 26.7 Å². The maximum atomic E-state index is 13.5. The highest BCUT2D eigenvalue weighted by Gasteiger charge is 2.40. The summed E-state index contributed by atoms with van der Waals surface area (Å²) in [6, 6.07) is 17.1. The molecule has 1 heterocycles. The van der Waals surface area contributed by atoms with Crippen LogP contribution in [0.5, 0.6) is 0 Å². The number of aryl methyl sites for hydroxylation is 1. The fourth-order valence-corrected chi connectivity index (χ4v) is 5.02. The number of hydrogen-bond acceptors (Lipinski definition) is 3. The molecular weight excluding hydrogens is 427 g/mol. The molecule has 0 amide bonds. The molecule has 0 aliphatic carbocycles. The van der Waals surface area contributed by atoms with E-state index in [0.29, 0.717) is 16.8 Å². The number of aliphatic hydroxyl groups excluding tert-OH is 1. The van der Waals surface area contributed by atoms with Crippen LogP contribution >= 0.6 is 0 Å². The van der Waals surface area contributed by atoms with Crippen molar-refractivity contribution in [2.75, 3.05) is 4.31 Å². The molecule has 0 spiro atoms. The third-order valence-corrected chi connectivity index (χ3v) is 6.83. The zero-order valence-corrected chi connectivity index (χ0v) is 17.2. The van der Waals surface area contributed by atoms with Crippen molar-refractivity contribution in [3.05, 3.63) is 101 Å². The maximum Gasteiger partial charge on any atom is 0.416 e. The van der Waals surface area contributed by atoms with Crippen molar-refractivity contribution in [2.24, 2.45) is 0 Å². The number of para-hydroxylation sites is 1. The standard InChI is InChI=1S/C23H18F3NO3S/c1-15-6-12-18(13-7-15)31(29,30)27-20-5-3-2-4-19(20)22(28)21(27)14-16-8-10-17(11-9-16)23(24,25)26/h2-14,22,28H,1H3/b21-14+. The molecule has 3 aromatic rings. The molecule has 1 unspecified atom stereocenters. The Bertz CT molecular complexity index is 1250. The second-order valence-electron chi connectivity index (χ2n) is 7.23. The summed E-state index contributed by atoms with van der Waals surface area (Å²) in [5.74, 6) is 0. The molecule has 3 aromatic carbocycles. The topological polar surface area (TPSA) is 57.6 Å². The number of sulfonamides is 1. The van der Waals surface area contributed by atoms with E-state index in [9.17, 15) is 26.7 Å². The molecule has 0 radical (unpaired) electrons. The van der Waals surface area contributed by atoms with Crippen LogP contribution < -0.4 is 4.31 Å². The quantitative estimate of drug-likeness (QED) is 0.596. The van der Waals surface area contributed by atoms with Crippen LogP contribution in [-0.4, -0.2) is 13.5 Å². The first-order chi connectivity index (χ1) is 14.6. The van der Waals surface area contributed by atoms with E-state index in [1.54, 1.807) is 36.4 Å². The lowest BCUT2D eigenvalue weighted by molar-refractivity contribution is -0.137. The van der Waals surface area contributed by atoms with E-state index in [0.717, 1.165) is 22.0 Å². The van der Waals surface area contributed by atoms with Crippen LogP contribution in [0, 0.1) is 6.92 Å². The Morgan fingerprint density at radius 3 is 2.16 bits per heavy atom. The molecule has 0 saturated carbocycles. The number of hydrogen-bond donors (Lipinski definition) is 1. The van der Waals surface area contributed by atoms with Gasteiger partial charge in [-0.2, -0.15) is 13.2 Å². The highest BCUT2D eigenvalue weighted by atomic mass is 32.2. The average Bonchev–Trinajstić information content (AvgIpc) is 3.01. The van der Waals surface area contributed by atoms with E-state index in [2.05, 4.69) is 0 Å². The lowest BCUT2D eigenvalue weighted by atomic mass is 10.1. The van der Waals surface area contributed by atoms with E-state index in [1.165, 1.54) is 30.3 Å². The molecule has 0 bridgehead atoms. The van der Waals surface area contributed by atoms with Crippen molar-refractivity contribution in [3.8, 4) is 0 Å². The Kier molecular flexibility index (Phi) is 5.15. The second-order valence-corrected chi connectivity index (χ2v) is 9.02. The predicted octanol–water partition coefficient (Wildman–Crippen LogP) is 5.30. The number of halogens is 3. The number of anilines is 1. The molecule has 1 N–H and O–H groups in total. The van der Waals surface area contributed by atoms with Gasteiger partial charge in [0.1, 0.15) is 6.10 Å². The largest absolute Gasteiger partial charge is 0.416 e. The summed E-state index contributed by atoms with van der Waals surface area (Å²) >= 11 is 0. The van der Waals surface area contributed by atoms with Gasteiger partial charge in [0.25, 0.3) is 10.0 Å². The van der Waals surface area contributed by atoms with Crippen molar-refractivity contribution >= 4 is 21.8 Å². The van der Waals surface area contributed by atoms with Gasteiger partial charge in [-0.15, -0.1) is 0 Å². The third kappa shape index (κ3) is 3.84. The molecule has 4 rings (SSSR count). The summed E-state index contributed by atoms with van der Waals surface area (Å²) < 4.78 is 66.6. The second kappa shape index (κ2) is 7.55. The number of fused-ring (bicyclic) bond motifs is 1. The van der Waals surface area contributed by atoms with Crippen LogP contribution in [0.25, 0.3) is 6.08 Å². The first-order valence-corrected chi connectivity index (χ1v) is 10.8. The number of benzene rings is 3. The molecule has 1 aliphatic rings. The van der Waals surface area contributed by atoms with E-state index in [-0.39, 0.29) is 10.6 Å². The van der Waals surface area contributed by atoms with Crippen molar-refractivity contribution in [2.45, 2.75) is 24.1 Å². The van der Waals surface area contributed by atoms with Crippen LogP contribution in [0.15, 0.2) is 83.4 Å². The highest BCUT2D eigenvalue weighted by Crippen LogP contribution is 2.45. The Morgan fingerprint density at radius 1 is 0.935 bits per heavy atom. The van der Waals surface area contributed by atoms with Gasteiger partial charge in [0.15, 0.2) is 0 Å². The number of alkyl halides is 3. The molecule has 1 aliphatic heterocycles. The van der Waals surface area contributed by atoms with Gasteiger partial charge in [-0.3, -0.25) is 0 Å². The zero-order valence-electron chi connectivity index (χ0n) is 16.3. The summed E-state index contributed by atoms with van der Waals surface area (Å²) in [6.07, 6.45) is -4.34. The molecule has 1 atom stereocenters. The summed E-state index contributed by atoms with van der Waals surface area (Å²) in [5, 5.41) is 10.9. The number of rotatable bonds is 3. The van der Waals surface area contributed by atoms with Gasteiger partial charge in [-0.05, 0) is 48.9 Å². The summed E-state index contributed by atoms with van der Waals surface area (Å²) in [4.78, 5) is 0.0420. The first-order valence-electron chi connectivity index (χ1n) is 9.37. The van der Waals surface area contributed by atoms with Gasteiger partial charge in [0.05, 0.1) is 21.8 Å². The monoisotopic (exact) mass is 445 g/mol. The first kappa shape index (κ1) is 21.1. The molecular formula is C23H18F3NO3S. The van der Waals surface area contributed by atoms with Crippen LogP contribution in [0.3, 0.4) is 0 Å². The molecule has 4 nitrogen and oxygen atoms in total. The third-order valence-electron chi connectivity index (χ3n) is 5.08. The predicted molar refractivity (Wildman–Crippen MR) is 112 cm³/mol. The van der Waals surface area contributed by atoms with E-state index in [1.807, 2.05) is 6.92 Å². The van der Waals surface area contributed by atoms with Gasteiger partial charge in [-0.25, -0.2) is 12.7 Å². The Hall–Kier alpha value is -3.10. The molecule has 0 saturated heterocycles. The maximum absolute atomic E-state index is 13.5. The van der Waals surface area contributed by atoms with Crippen LogP contribution in [0.4, 0.5) is 18.9 Å². The minimum atomic E-state index is -4.48. The summed E-state index contributed by atoms with van der Waals surface area (Å²) in [7, 11) is -4.08. The fourth-order valence-electron chi connectivity index (χ4n) is 3.47. The van der Waals surface area contributed by atoms with E-state index < -0.39 is 27.9 Å². The van der Waals surface area contributed by atoms with E-state index in [4.69, 9.17) is 0 Å². The van der Waals surface area contributed by atoms with Gasteiger partial charge in [-0.1, -0.05) is 48.0 Å². The normalized spacial score (nSPS) is 17.8. The lowest BCUT2D eigenvalue weighted by Crippen LogP contribution is -2.28. The summed E-state index contributed by atoms with van der Waals surface area (Å²) in [6.45, 7) is 1.83. The number of aliphatic hydroxyl groups is 1. The molecule has 160 valence electrons. The van der Waals surface area contributed by atoms with Gasteiger partial charge in [0.2, 0.25) is 0 Å². The van der Waals surface area contributed by atoms with E-state index >= 15 is 0 Å².